The highest BCUT2D eigenvalue weighted by Gasteiger charge is 2.30. The SMILES string of the molecule is CCOc1cccc(Br)c1OCc1ccc(C(F)(F)F)cc1N. The smallest absolute Gasteiger partial charge is 0.416 e. The predicted molar refractivity (Wildman–Crippen MR) is 85.5 cm³/mol. The van der Waals surface area contributed by atoms with Crippen LogP contribution < -0.4 is 15.2 Å². The zero-order chi connectivity index (χ0) is 17.0. The fourth-order valence-corrected chi connectivity index (χ4v) is 2.41. The molecule has 124 valence electrons. The lowest BCUT2D eigenvalue weighted by molar-refractivity contribution is -0.137. The minimum Gasteiger partial charge on any atom is -0.490 e. The summed E-state index contributed by atoms with van der Waals surface area (Å²) < 4.78 is 49.7. The average Bonchev–Trinajstić information content (AvgIpc) is 2.47. The van der Waals surface area contributed by atoms with Crippen LogP contribution in [0.15, 0.2) is 40.9 Å². The number of benzene rings is 2. The second kappa shape index (κ2) is 7.12. The van der Waals surface area contributed by atoms with Gasteiger partial charge in [0.25, 0.3) is 0 Å². The van der Waals surface area contributed by atoms with Crippen LogP contribution in [0.4, 0.5) is 18.9 Å². The van der Waals surface area contributed by atoms with Gasteiger partial charge in [0.15, 0.2) is 11.5 Å². The van der Waals surface area contributed by atoms with Crippen molar-refractivity contribution in [3.63, 3.8) is 0 Å². The molecule has 0 amide bonds. The van der Waals surface area contributed by atoms with Crippen LogP contribution in [0.2, 0.25) is 0 Å². The zero-order valence-electron chi connectivity index (χ0n) is 12.3. The summed E-state index contributed by atoms with van der Waals surface area (Å²) in [5.74, 6) is 1.03. The van der Waals surface area contributed by atoms with Crippen molar-refractivity contribution in [1.82, 2.24) is 0 Å². The predicted octanol–water partition coefficient (Wildman–Crippen LogP) is 5.03. The third-order valence-electron chi connectivity index (χ3n) is 3.08. The van der Waals surface area contributed by atoms with Crippen molar-refractivity contribution < 1.29 is 22.6 Å². The Kier molecular flexibility index (Phi) is 5.41. The molecule has 0 fully saturated rings. The lowest BCUT2D eigenvalue weighted by atomic mass is 10.1. The monoisotopic (exact) mass is 389 g/mol. The Morgan fingerprint density at radius 2 is 1.87 bits per heavy atom. The van der Waals surface area contributed by atoms with Gasteiger partial charge in [0.2, 0.25) is 0 Å². The molecular weight excluding hydrogens is 375 g/mol. The minimum absolute atomic E-state index is 0.0323. The summed E-state index contributed by atoms with van der Waals surface area (Å²) in [6, 6.07) is 8.54. The van der Waals surface area contributed by atoms with Crippen LogP contribution in [0, 0.1) is 0 Å². The van der Waals surface area contributed by atoms with Gasteiger partial charge in [-0.1, -0.05) is 12.1 Å². The fourth-order valence-electron chi connectivity index (χ4n) is 1.95. The number of hydrogen-bond donors (Lipinski definition) is 1. The molecule has 0 aromatic heterocycles. The first-order valence-corrected chi connectivity index (χ1v) is 7.62. The first-order valence-electron chi connectivity index (χ1n) is 6.82. The number of nitrogens with two attached hydrogens (primary N) is 1. The highest BCUT2D eigenvalue weighted by molar-refractivity contribution is 9.10. The topological polar surface area (TPSA) is 44.5 Å². The summed E-state index contributed by atoms with van der Waals surface area (Å²) >= 11 is 3.36. The molecule has 2 aromatic rings. The number of anilines is 1. The maximum Gasteiger partial charge on any atom is 0.416 e. The van der Waals surface area contributed by atoms with Gasteiger partial charge in [-0.2, -0.15) is 13.2 Å². The molecule has 23 heavy (non-hydrogen) atoms. The third kappa shape index (κ3) is 4.31. The van der Waals surface area contributed by atoms with E-state index in [9.17, 15) is 13.2 Å². The Balaban J connectivity index is 2.19. The van der Waals surface area contributed by atoms with E-state index in [1.165, 1.54) is 6.07 Å². The van der Waals surface area contributed by atoms with E-state index in [4.69, 9.17) is 15.2 Å². The molecule has 0 saturated carbocycles. The van der Waals surface area contributed by atoms with E-state index in [2.05, 4.69) is 15.9 Å². The largest absolute Gasteiger partial charge is 0.490 e. The molecule has 0 aliphatic rings. The second-order valence-corrected chi connectivity index (χ2v) is 5.55. The van der Waals surface area contributed by atoms with Gasteiger partial charge in [-0.15, -0.1) is 0 Å². The zero-order valence-corrected chi connectivity index (χ0v) is 13.9. The standard InChI is InChI=1S/C16H15BrF3NO2/c1-2-22-14-5-3-4-12(17)15(14)23-9-10-6-7-11(8-13(10)21)16(18,19)20/h3-8H,2,9,21H2,1H3. The Labute approximate surface area is 140 Å². The number of hydrogen-bond acceptors (Lipinski definition) is 3. The Bertz CT molecular complexity index is 690. The molecule has 0 bridgehead atoms. The number of alkyl halides is 3. The van der Waals surface area contributed by atoms with Crippen LogP contribution in [0.25, 0.3) is 0 Å². The molecule has 0 radical (unpaired) electrons. The van der Waals surface area contributed by atoms with E-state index in [1.807, 2.05) is 6.92 Å². The summed E-state index contributed by atoms with van der Waals surface area (Å²) in [5, 5.41) is 0. The van der Waals surface area contributed by atoms with Crippen LogP contribution >= 0.6 is 15.9 Å². The van der Waals surface area contributed by atoms with Crippen LogP contribution in [-0.4, -0.2) is 6.61 Å². The third-order valence-corrected chi connectivity index (χ3v) is 3.70. The van der Waals surface area contributed by atoms with Gasteiger partial charge in [-0.05, 0) is 47.1 Å². The van der Waals surface area contributed by atoms with E-state index in [0.717, 1.165) is 12.1 Å². The molecular formula is C16H15BrF3NO2. The van der Waals surface area contributed by atoms with Gasteiger partial charge in [0, 0.05) is 11.3 Å². The van der Waals surface area contributed by atoms with E-state index < -0.39 is 11.7 Å². The molecule has 0 unspecified atom stereocenters. The molecule has 0 spiro atoms. The van der Waals surface area contributed by atoms with Crippen molar-refractivity contribution in [2.24, 2.45) is 0 Å². The van der Waals surface area contributed by atoms with Crippen molar-refractivity contribution in [2.45, 2.75) is 19.7 Å². The van der Waals surface area contributed by atoms with Gasteiger partial charge < -0.3 is 15.2 Å². The van der Waals surface area contributed by atoms with Gasteiger partial charge in [0.1, 0.15) is 6.61 Å². The molecule has 0 heterocycles. The molecule has 0 saturated heterocycles. The highest BCUT2D eigenvalue weighted by Crippen LogP contribution is 2.36. The summed E-state index contributed by atoms with van der Waals surface area (Å²) in [6.45, 7) is 2.35. The van der Waals surface area contributed by atoms with E-state index in [1.54, 1.807) is 18.2 Å². The van der Waals surface area contributed by atoms with Crippen LogP contribution in [0.5, 0.6) is 11.5 Å². The maximum atomic E-state index is 12.6. The lowest BCUT2D eigenvalue weighted by Gasteiger charge is -2.15. The maximum absolute atomic E-state index is 12.6. The molecule has 3 nitrogen and oxygen atoms in total. The van der Waals surface area contributed by atoms with E-state index in [-0.39, 0.29) is 12.3 Å². The van der Waals surface area contributed by atoms with Gasteiger partial charge in [0.05, 0.1) is 16.6 Å². The second-order valence-electron chi connectivity index (χ2n) is 4.70. The average molecular weight is 390 g/mol. The summed E-state index contributed by atoms with van der Waals surface area (Å²) in [6.07, 6.45) is -4.42. The summed E-state index contributed by atoms with van der Waals surface area (Å²) in [5.41, 5.74) is 5.41. The number of para-hydroxylation sites is 1. The Hall–Kier alpha value is -1.89. The van der Waals surface area contributed by atoms with Crippen molar-refractivity contribution in [3.8, 4) is 11.5 Å². The van der Waals surface area contributed by atoms with Crippen LogP contribution in [-0.2, 0) is 12.8 Å². The number of rotatable bonds is 5. The summed E-state index contributed by atoms with van der Waals surface area (Å²) in [4.78, 5) is 0. The fraction of sp³-hybridized carbons (Fsp3) is 0.250. The molecule has 2 rings (SSSR count). The molecule has 0 aliphatic heterocycles. The van der Waals surface area contributed by atoms with Crippen molar-refractivity contribution in [2.75, 3.05) is 12.3 Å². The molecule has 7 heteroatoms. The van der Waals surface area contributed by atoms with Crippen LogP contribution in [0.3, 0.4) is 0 Å². The Morgan fingerprint density at radius 1 is 1.13 bits per heavy atom. The van der Waals surface area contributed by atoms with E-state index >= 15 is 0 Å². The molecule has 0 aliphatic carbocycles. The van der Waals surface area contributed by atoms with Crippen molar-refractivity contribution >= 4 is 21.6 Å². The van der Waals surface area contributed by atoms with Crippen molar-refractivity contribution in [3.05, 3.63) is 52.0 Å². The number of halogens is 4. The van der Waals surface area contributed by atoms with E-state index in [0.29, 0.717) is 28.1 Å². The normalized spacial score (nSPS) is 11.3. The quantitative estimate of drug-likeness (QED) is 0.729. The summed E-state index contributed by atoms with van der Waals surface area (Å²) in [7, 11) is 0. The first-order chi connectivity index (χ1) is 10.8. The Morgan fingerprint density at radius 3 is 2.48 bits per heavy atom. The van der Waals surface area contributed by atoms with Gasteiger partial charge in [-0.25, -0.2) is 0 Å². The molecule has 2 aromatic carbocycles. The van der Waals surface area contributed by atoms with Crippen molar-refractivity contribution in [1.29, 1.82) is 0 Å². The van der Waals surface area contributed by atoms with Crippen LogP contribution in [0.1, 0.15) is 18.1 Å². The van der Waals surface area contributed by atoms with Gasteiger partial charge >= 0.3 is 6.18 Å². The lowest BCUT2D eigenvalue weighted by Crippen LogP contribution is -2.08. The molecule has 2 N–H and O–H groups in total. The number of ether oxygens (including phenoxy) is 2. The first kappa shape index (κ1) is 17.5. The highest BCUT2D eigenvalue weighted by atomic mass is 79.9. The minimum atomic E-state index is -4.42. The molecule has 0 atom stereocenters. The van der Waals surface area contributed by atoms with Gasteiger partial charge in [-0.3, -0.25) is 0 Å². The number of nitrogen functional groups attached to an aromatic ring is 1.